The van der Waals surface area contributed by atoms with Gasteiger partial charge in [0.1, 0.15) is 12.4 Å². The predicted molar refractivity (Wildman–Crippen MR) is 156 cm³/mol. The Morgan fingerprint density at radius 3 is 2.32 bits per heavy atom. The van der Waals surface area contributed by atoms with Gasteiger partial charge >= 0.3 is 12.2 Å². The van der Waals surface area contributed by atoms with Crippen molar-refractivity contribution in [1.29, 1.82) is 0 Å². The second-order valence-electron chi connectivity index (χ2n) is 11.3. The number of hydrogen-bond acceptors (Lipinski definition) is 5. The zero-order valence-electron chi connectivity index (χ0n) is 23.4. The SMILES string of the molecule is CC(C)(NC(=O)O)c1ccc(-c2cnc(NC(=O)C[C@H]3CC[C@H](N4CCOC4=O)CC3)cc2-c2ccccc2)cc1. The monoisotopic (exact) mass is 556 g/mol. The molecule has 1 saturated carbocycles. The number of aromatic nitrogens is 1. The molecule has 3 aromatic rings. The van der Waals surface area contributed by atoms with E-state index in [1.54, 1.807) is 6.20 Å². The van der Waals surface area contributed by atoms with Crippen molar-refractivity contribution in [3.8, 4) is 22.3 Å². The van der Waals surface area contributed by atoms with E-state index in [-0.39, 0.29) is 24.0 Å². The Morgan fingerprint density at radius 1 is 1.00 bits per heavy atom. The van der Waals surface area contributed by atoms with Gasteiger partial charge in [-0.1, -0.05) is 54.6 Å². The lowest BCUT2D eigenvalue weighted by molar-refractivity contribution is -0.117. The fourth-order valence-corrected chi connectivity index (χ4v) is 5.87. The second kappa shape index (κ2) is 12.0. The summed E-state index contributed by atoms with van der Waals surface area (Å²) in [5, 5.41) is 14.7. The van der Waals surface area contributed by atoms with Gasteiger partial charge in [-0.3, -0.25) is 4.79 Å². The van der Waals surface area contributed by atoms with Crippen LogP contribution in [0.5, 0.6) is 0 Å². The van der Waals surface area contributed by atoms with Crippen LogP contribution in [0.3, 0.4) is 0 Å². The molecule has 2 fully saturated rings. The number of carbonyl (C=O) groups is 3. The van der Waals surface area contributed by atoms with Crippen LogP contribution in [-0.2, 0) is 15.1 Å². The predicted octanol–water partition coefficient (Wildman–Crippen LogP) is 6.26. The largest absolute Gasteiger partial charge is 0.465 e. The van der Waals surface area contributed by atoms with E-state index in [0.29, 0.717) is 25.4 Å². The smallest absolute Gasteiger partial charge is 0.410 e. The molecule has 41 heavy (non-hydrogen) atoms. The van der Waals surface area contributed by atoms with Crippen molar-refractivity contribution < 1.29 is 24.2 Å². The van der Waals surface area contributed by atoms with Gasteiger partial charge in [0.25, 0.3) is 0 Å². The molecule has 9 heteroatoms. The fourth-order valence-electron chi connectivity index (χ4n) is 5.87. The number of ether oxygens (including phenoxy) is 1. The van der Waals surface area contributed by atoms with E-state index in [2.05, 4.69) is 15.6 Å². The summed E-state index contributed by atoms with van der Waals surface area (Å²) in [6.45, 7) is 4.76. The lowest BCUT2D eigenvalue weighted by atomic mass is 9.83. The van der Waals surface area contributed by atoms with Crippen LogP contribution in [0.2, 0.25) is 0 Å². The van der Waals surface area contributed by atoms with Gasteiger partial charge in [-0.05, 0) is 73.8 Å². The molecule has 1 aliphatic carbocycles. The van der Waals surface area contributed by atoms with E-state index in [0.717, 1.165) is 53.5 Å². The van der Waals surface area contributed by atoms with Gasteiger partial charge in [0.15, 0.2) is 0 Å². The molecule has 3 amide bonds. The first-order valence-corrected chi connectivity index (χ1v) is 14.1. The summed E-state index contributed by atoms with van der Waals surface area (Å²) in [4.78, 5) is 42.5. The molecule has 0 spiro atoms. The number of cyclic esters (lactones) is 1. The maximum absolute atomic E-state index is 13.0. The van der Waals surface area contributed by atoms with Crippen LogP contribution in [0.4, 0.5) is 15.4 Å². The fraction of sp³-hybridized carbons (Fsp3) is 0.375. The molecule has 5 rings (SSSR count). The summed E-state index contributed by atoms with van der Waals surface area (Å²) in [5.41, 5.74) is 3.88. The van der Waals surface area contributed by atoms with Crippen molar-refractivity contribution in [2.75, 3.05) is 18.5 Å². The van der Waals surface area contributed by atoms with E-state index in [1.807, 2.05) is 79.4 Å². The number of carboxylic acid groups (broad SMARTS) is 1. The molecule has 2 aromatic carbocycles. The highest BCUT2D eigenvalue weighted by Crippen LogP contribution is 2.35. The van der Waals surface area contributed by atoms with Crippen molar-refractivity contribution in [2.24, 2.45) is 5.92 Å². The Kier molecular flexibility index (Phi) is 8.23. The maximum Gasteiger partial charge on any atom is 0.410 e. The molecule has 9 nitrogen and oxygen atoms in total. The highest BCUT2D eigenvalue weighted by molar-refractivity contribution is 5.92. The van der Waals surface area contributed by atoms with E-state index in [1.165, 1.54) is 0 Å². The first kappa shape index (κ1) is 28.1. The average Bonchev–Trinajstić information content (AvgIpc) is 3.39. The van der Waals surface area contributed by atoms with Crippen LogP contribution < -0.4 is 10.6 Å². The molecule has 0 unspecified atom stereocenters. The molecule has 0 atom stereocenters. The van der Waals surface area contributed by atoms with E-state index in [4.69, 9.17) is 4.74 Å². The van der Waals surface area contributed by atoms with Gasteiger partial charge in [-0.2, -0.15) is 0 Å². The van der Waals surface area contributed by atoms with E-state index >= 15 is 0 Å². The molecule has 2 aliphatic rings. The number of pyridine rings is 1. The van der Waals surface area contributed by atoms with Crippen LogP contribution in [-0.4, -0.2) is 52.3 Å². The van der Waals surface area contributed by atoms with Gasteiger partial charge < -0.3 is 25.4 Å². The number of hydrogen-bond donors (Lipinski definition) is 3. The van der Waals surface area contributed by atoms with E-state index in [9.17, 15) is 19.5 Å². The summed E-state index contributed by atoms with van der Waals surface area (Å²) in [6.07, 6.45) is 4.48. The summed E-state index contributed by atoms with van der Waals surface area (Å²) >= 11 is 0. The van der Waals surface area contributed by atoms with Crippen LogP contribution in [0, 0.1) is 5.92 Å². The Labute approximate surface area is 239 Å². The number of anilines is 1. The van der Waals surface area contributed by atoms with Gasteiger partial charge in [-0.15, -0.1) is 0 Å². The molecular weight excluding hydrogens is 520 g/mol. The Bertz CT molecular complexity index is 1400. The third-order valence-electron chi connectivity index (χ3n) is 8.12. The van der Waals surface area contributed by atoms with Crippen molar-refractivity contribution in [2.45, 2.75) is 57.5 Å². The third-order valence-corrected chi connectivity index (χ3v) is 8.12. The number of amides is 3. The van der Waals surface area contributed by atoms with Crippen molar-refractivity contribution in [1.82, 2.24) is 15.2 Å². The summed E-state index contributed by atoms with van der Waals surface area (Å²) in [5.74, 6) is 0.705. The summed E-state index contributed by atoms with van der Waals surface area (Å²) in [7, 11) is 0. The number of nitrogens with zero attached hydrogens (tertiary/aromatic N) is 2. The quantitative estimate of drug-likeness (QED) is 0.301. The minimum atomic E-state index is -1.08. The zero-order valence-corrected chi connectivity index (χ0v) is 23.4. The number of benzene rings is 2. The Hall–Kier alpha value is -4.40. The molecule has 3 N–H and O–H groups in total. The molecule has 0 radical (unpaired) electrons. The van der Waals surface area contributed by atoms with Gasteiger partial charge in [0.05, 0.1) is 12.1 Å². The van der Waals surface area contributed by atoms with Crippen molar-refractivity contribution in [3.05, 3.63) is 72.4 Å². The van der Waals surface area contributed by atoms with Crippen molar-refractivity contribution >= 4 is 23.9 Å². The average molecular weight is 557 g/mol. The molecule has 1 aliphatic heterocycles. The van der Waals surface area contributed by atoms with Crippen molar-refractivity contribution in [3.63, 3.8) is 0 Å². The molecular formula is C32H36N4O5. The van der Waals surface area contributed by atoms with Crippen LogP contribution >= 0.6 is 0 Å². The Balaban J connectivity index is 1.29. The highest BCUT2D eigenvalue weighted by Gasteiger charge is 2.33. The highest BCUT2D eigenvalue weighted by atomic mass is 16.6. The van der Waals surface area contributed by atoms with Crippen LogP contribution in [0.25, 0.3) is 22.3 Å². The molecule has 214 valence electrons. The maximum atomic E-state index is 13.0. The van der Waals surface area contributed by atoms with E-state index < -0.39 is 11.6 Å². The first-order chi connectivity index (χ1) is 19.7. The number of nitrogens with one attached hydrogen (secondary N) is 2. The number of rotatable bonds is 8. The number of carbonyl (C=O) groups excluding carboxylic acids is 2. The van der Waals surface area contributed by atoms with Gasteiger partial charge in [-0.25, -0.2) is 14.6 Å². The molecule has 1 saturated heterocycles. The van der Waals surface area contributed by atoms with Crippen LogP contribution in [0.15, 0.2) is 66.9 Å². The molecule has 2 heterocycles. The molecule has 1 aromatic heterocycles. The summed E-state index contributed by atoms with van der Waals surface area (Å²) in [6, 6.07) is 19.8. The lowest BCUT2D eigenvalue weighted by Crippen LogP contribution is -2.39. The molecule has 0 bridgehead atoms. The van der Waals surface area contributed by atoms with Gasteiger partial charge in [0.2, 0.25) is 5.91 Å². The lowest BCUT2D eigenvalue weighted by Gasteiger charge is -2.32. The summed E-state index contributed by atoms with van der Waals surface area (Å²) < 4.78 is 5.08. The normalized spacial score (nSPS) is 19.0. The minimum absolute atomic E-state index is 0.0641. The third kappa shape index (κ3) is 6.67. The minimum Gasteiger partial charge on any atom is -0.465 e. The van der Waals surface area contributed by atoms with Gasteiger partial charge in [0, 0.05) is 24.2 Å². The second-order valence-corrected chi connectivity index (χ2v) is 11.3. The van der Waals surface area contributed by atoms with Crippen LogP contribution in [0.1, 0.15) is 51.5 Å². The topological polar surface area (TPSA) is 121 Å². The zero-order chi connectivity index (χ0) is 29.0. The first-order valence-electron chi connectivity index (χ1n) is 14.1. The standard InChI is InChI=1S/C32H36N4O5/c1-32(2,35-30(38)39)24-12-10-23(11-13-24)27-20-33-28(19-26(27)22-6-4-3-5-7-22)34-29(37)18-21-8-14-25(15-9-21)36-16-17-41-31(36)40/h3-7,10-13,19-21,25,35H,8-9,14-18H2,1-2H3,(H,38,39)(H,33,34,37)/t21-,25-. The Morgan fingerprint density at radius 2 is 1.68 bits per heavy atom.